The molecule has 1 amide bonds. The van der Waals surface area contributed by atoms with Crippen LogP contribution in [0.2, 0.25) is 0 Å². The van der Waals surface area contributed by atoms with Crippen molar-refractivity contribution in [3.63, 3.8) is 0 Å². The second kappa shape index (κ2) is 17.0. The third-order valence-corrected chi connectivity index (χ3v) is 11.7. The topological polar surface area (TPSA) is 145 Å². The van der Waals surface area contributed by atoms with E-state index in [4.69, 9.17) is 9.47 Å². The Labute approximate surface area is 308 Å². The standard InChI is InChI=1S/C39H43N5O6S2/c1-26-9-19-33(20-10-26)52(47,48)43-34(21-28-7-5-4-6-8-28)37(46)40-22-29-11-17-32(18-12-29)38-49-35(24-51-39-42-41-25-44(39)3)27(2)36(50-38)31-15-13-30(23-45)14-16-31/h4-20,25,27,34-36,38,43,45H,21-24H2,1-3H3,(H,40,46)/t27-,34-,35+,36+,38+/m1/s1. The van der Waals surface area contributed by atoms with Gasteiger partial charge in [0.25, 0.3) is 0 Å². The zero-order chi connectivity index (χ0) is 36.7. The first-order valence-corrected chi connectivity index (χ1v) is 19.5. The van der Waals surface area contributed by atoms with Gasteiger partial charge in [-0.2, -0.15) is 4.72 Å². The summed E-state index contributed by atoms with van der Waals surface area (Å²) in [4.78, 5) is 13.6. The number of carbonyl (C=O) groups is 1. The number of sulfonamides is 1. The highest BCUT2D eigenvalue weighted by molar-refractivity contribution is 7.99. The number of ether oxygens (including phenoxy) is 2. The molecular formula is C39H43N5O6S2. The molecule has 3 N–H and O–H groups in total. The number of thioether (sulfide) groups is 1. The lowest BCUT2D eigenvalue weighted by atomic mass is 9.91. The number of amides is 1. The molecule has 0 saturated carbocycles. The lowest BCUT2D eigenvalue weighted by Gasteiger charge is -2.41. The molecule has 1 saturated heterocycles. The Hall–Kier alpha value is -4.37. The van der Waals surface area contributed by atoms with Crippen LogP contribution in [0.3, 0.4) is 0 Å². The summed E-state index contributed by atoms with van der Waals surface area (Å²) in [5, 5.41) is 21.5. The predicted molar refractivity (Wildman–Crippen MR) is 198 cm³/mol. The summed E-state index contributed by atoms with van der Waals surface area (Å²) >= 11 is 1.57. The van der Waals surface area contributed by atoms with E-state index in [1.165, 1.54) is 12.1 Å². The maximum Gasteiger partial charge on any atom is 0.241 e. The molecule has 0 radical (unpaired) electrons. The average molecular weight is 742 g/mol. The summed E-state index contributed by atoms with van der Waals surface area (Å²) in [6.45, 7) is 4.15. The van der Waals surface area contributed by atoms with Crippen LogP contribution in [0, 0.1) is 12.8 Å². The maximum atomic E-state index is 13.5. The quantitative estimate of drug-likeness (QED) is 0.127. The van der Waals surface area contributed by atoms with Crippen LogP contribution in [0.1, 0.15) is 52.7 Å². The van der Waals surface area contributed by atoms with Gasteiger partial charge >= 0.3 is 0 Å². The molecule has 0 bridgehead atoms. The van der Waals surface area contributed by atoms with Crippen molar-refractivity contribution in [2.75, 3.05) is 5.75 Å². The predicted octanol–water partition coefficient (Wildman–Crippen LogP) is 5.41. The van der Waals surface area contributed by atoms with E-state index in [1.54, 1.807) is 30.2 Å². The Bertz CT molecular complexity index is 2020. The van der Waals surface area contributed by atoms with Crippen molar-refractivity contribution < 1.29 is 27.8 Å². The number of aliphatic hydroxyl groups is 1. The van der Waals surface area contributed by atoms with Crippen LogP contribution < -0.4 is 10.0 Å². The van der Waals surface area contributed by atoms with Gasteiger partial charge in [0.05, 0.1) is 23.7 Å². The Morgan fingerprint density at radius 2 is 1.58 bits per heavy atom. The molecule has 0 unspecified atom stereocenters. The fourth-order valence-corrected chi connectivity index (χ4v) is 8.23. The molecule has 1 aromatic heterocycles. The zero-order valence-electron chi connectivity index (χ0n) is 29.3. The molecule has 1 fully saturated rings. The van der Waals surface area contributed by atoms with E-state index in [-0.39, 0.29) is 42.6 Å². The molecular weight excluding hydrogens is 699 g/mol. The van der Waals surface area contributed by atoms with Crippen LogP contribution in [-0.4, -0.2) is 52.1 Å². The van der Waals surface area contributed by atoms with Crippen molar-refractivity contribution in [1.82, 2.24) is 24.8 Å². The zero-order valence-corrected chi connectivity index (χ0v) is 30.9. The minimum atomic E-state index is -3.96. The first-order chi connectivity index (χ1) is 25.1. The fourth-order valence-electron chi connectivity index (χ4n) is 5.99. The lowest BCUT2D eigenvalue weighted by Crippen LogP contribution is -2.47. The van der Waals surface area contributed by atoms with Gasteiger partial charge in [0.1, 0.15) is 12.4 Å². The molecule has 1 aliphatic rings. The second-order valence-corrected chi connectivity index (χ2v) is 15.7. The monoisotopic (exact) mass is 741 g/mol. The Morgan fingerprint density at radius 1 is 0.904 bits per heavy atom. The minimum absolute atomic E-state index is 0.0127. The molecule has 272 valence electrons. The molecule has 11 nitrogen and oxygen atoms in total. The molecule has 1 aliphatic heterocycles. The third-order valence-electron chi connectivity index (χ3n) is 9.12. The van der Waals surface area contributed by atoms with Crippen molar-refractivity contribution in [3.05, 3.63) is 143 Å². The van der Waals surface area contributed by atoms with Crippen molar-refractivity contribution in [2.45, 2.75) is 68.0 Å². The van der Waals surface area contributed by atoms with Crippen molar-refractivity contribution in [2.24, 2.45) is 13.0 Å². The summed E-state index contributed by atoms with van der Waals surface area (Å²) < 4.78 is 44.2. The van der Waals surface area contributed by atoms with Gasteiger partial charge in [0.2, 0.25) is 15.9 Å². The highest BCUT2D eigenvalue weighted by Gasteiger charge is 2.38. The van der Waals surface area contributed by atoms with Gasteiger partial charge in [-0.05, 0) is 47.7 Å². The van der Waals surface area contributed by atoms with Crippen LogP contribution in [-0.2, 0) is 50.9 Å². The highest BCUT2D eigenvalue weighted by atomic mass is 32.2. The average Bonchev–Trinajstić information content (AvgIpc) is 3.58. The van der Waals surface area contributed by atoms with E-state index in [0.717, 1.165) is 38.5 Å². The number of rotatable bonds is 14. The van der Waals surface area contributed by atoms with E-state index in [2.05, 4.69) is 27.2 Å². The molecule has 52 heavy (non-hydrogen) atoms. The maximum absolute atomic E-state index is 13.5. The summed E-state index contributed by atoms with van der Waals surface area (Å²) in [7, 11) is -2.05. The number of hydrogen-bond donors (Lipinski definition) is 3. The van der Waals surface area contributed by atoms with E-state index >= 15 is 0 Å². The van der Waals surface area contributed by atoms with Crippen LogP contribution in [0.25, 0.3) is 0 Å². The molecule has 0 spiro atoms. The van der Waals surface area contributed by atoms with Crippen molar-refractivity contribution in [1.29, 1.82) is 0 Å². The van der Waals surface area contributed by atoms with Crippen molar-refractivity contribution in [3.8, 4) is 0 Å². The van der Waals surface area contributed by atoms with Crippen LogP contribution >= 0.6 is 11.8 Å². The molecule has 6 rings (SSSR count). The number of aromatic nitrogens is 3. The van der Waals surface area contributed by atoms with Gasteiger partial charge in [-0.25, -0.2) is 8.42 Å². The number of nitrogens with zero attached hydrogens (tertiary/aromatic N) is 3. The van der Waals surface area contributed by atoms with Gasteiger partial charge in [-0.3, -0.25) is 4.79 Å². The number of aryl methyl sites for hydroxylation is 2. The Kier molecular flexibility index (Phi) is 12.2. The highest BCUT2D eigenvalue weighted by Crippen LogP contribution is 2.43. The van der Waals surface area contributed by atoms with Crippen LogP contribution in [0.15, 0.2) is 120 Å². The summed E-state index contributed by atoms with van der Waals surface area (Å²) in [6.07, 6.45) is 0.764. The van der Waals surface area contributed by atoms with Gasteiger partial charge in [-0.15, -0.1) is 10.2 Å². The number of carbonyl (C=O) groups excluding carboxylic acids is 1. The van der Waals surface area contributed by atoms with E-state index < -0.39 is 28.3 Å². The second-order valence-electron chi connectivity index (χ2n) is 13.0. The fraction of sp³-hybridized carbons (Fsp3) is 0.308. The van der Waals surface area contributed by atoms with Gasteiger partial charge < -0.3 is 24.5 Å². The summed E-state index contributed by atoms with van der Waals surface area (Å²) in [5.74, 6) is 0.217. The number of aliphatic hydroxyl groups excluding tert-OH is 1. The largest absolute Gasteiger partial charge is 0.392 e. The van der Waals surface area contributed by atoms with E-state index in [0.29, 0.717) is 5.75 Å². The molecule has 4 aromatic carbocycles. The van der Waals surface area contributed by atoms with Crippen LogP contribution in [0.5, 0.6) is 0 Å². The molecule has 13 heteroatoms. The Balaban J connectivity index is 1.15. The number of hydrogen-bond acceptors (Lipinski definition) is 9. The molecule has 2 heterocycles. The normalized spacial score (nSPS) is 19.6. The molecule has 0 aliphatic carbocycles. The molecule has 5 aromatic rings. The SMILES string of the molecule is Cc1ccc(S(=O)(=O)N[C@H](Cc2ccccc2)C(=O)NCc2ccc([C@H]3O[C@@H](CSc4nncn4C)[C@@H](C)[C@@H](c4ccc(CO)cc4)O3)cc2)cc1. The van der Waals surface area contributed by atoms with Gasteiger partial charge in [0.15, 0.2) is 11.4 Å². The lowest BCUT2D eigenvalue weighted by molar-refractivity contribution is -0.268. The van der Waals surface area contributed by atoms with Crippen molar-refractivity contribution >= 4 is 27.7 Å². The summed E-state index contributed by atoms with van der Waals surface area (Å²) in [6, 6.07) is 30.2. The first kappa shape index (κ1) is 37.4. The number of benzene rings is 4. The molecule has 5 atom stereocenters. The third kappa shape index (κ3) is 9.34. The van der Waals surface area contributed by atoms with Crippen LogP contribution in [0.4, 0.5) is 0 Å². The minimum Gasteiger partial charge on any atom is -0.392 e. The Morgan fingerprint density at radius 3 is 2.23 bits per heavy atom. The van der Waals surface area contributed by atoms with Gasteiger partial charge in [-0.1, -0.05) is 115 Å². The van der Waals surface area contributed by atoms with E-state index in [9.17, 15) is 18.3 Å². The summed E-state index contributed by atoms with van der Waals surface area (Å²) in [5.41, 5.74) is 5.23. The van der Waals surface area contributed by atoms with Gasteiger partial charge in [0, 0.05) is 30.8 Å². The smallest absolute Gasteiger partial charge is 0.241 e. The number of nitrogens with one attached hydrogen (secondary N) is 2. The first-order valence-electron chi connectivity index (χ1n) is 17.1. The van der Waals surface area contributed by atoms with E-state index in [1.807, 2.05) is 97.4 Å².